The molecule has 0 aliphatic carbocycles. The Labute approximate surface area is 143 Å². The van der Waals surface area contributed by atoms with Crippen LogP contribution in [0.2, 0.25) is 0 Å². The molecule has 2 aromatic heterocycles. The smallest absolute Gasteiger partial charge is 0.234 e. The van der Waals surface area contributed by atoms with Crippen LogP contribution in [-0.4, -0.2) is 64.4 Å². The Morgan fingerprint density at radius 2 is 1.96 bits per heavy atom. The van der Waals surface area contributed by atoms with Crippen molar-refractivity contribution in [1.29, 1.82) is 0 Å². The van der Waals surface area contributed by atoms with Crippen LogP contribution in [0.4, 0.5) is 0 Å². The van der Waals surface area contributed by atoms with Gasteiger partial charge in [-0.3, -0.25) is 14.6 Å². The van der Waals surface area contributed by atoms with Gasteiger partial charge in [0.05, 0.1) is 12.2 Å². The lowest BCUT2D eigenvalue weighted by atomic mass is 10.2. The van der Waals surface area contributed by atoms with E-state index in [0.29, 0.717) is 12.5 Å². The molecule has 0 unspecified atom stereocenters. The van der Waals surface area contributed by atoms with Gasteiger partial charge in [-0.1, -0.05) is 19.9 Å². The highest BCUT2D eigenvalue weighted by Crippen LogP contribution is 2.10. The van der Waals surface area contributed by atoms with E-state index in [2.05, 4.69) is 44.5 Å². The third-order valence-electron chi connectivity index (χ3n) is 4.34. The predicted molar refractivity (Wildman–Crippen MR) is 94.8 cm³/mol. The molecule has 1 aliphatic heterocycles. The molecule has 1 saturated heterocycles. The summed E-state index contributed by atoms with van der Waals surface area (Å²) in [7, 11) is 0. The van der Waals surface area contributed by atoms with E-state index in [1.165, 1.54) is 0 Å². The Balaban J connectivity index is 1.44. The van der Waals surface area contributed by atoms with Crippen molar-refractivity contribution in [2.75, 3.05) is 39.3 Å². The molecule has 2 aromatic rings. The average Bonchev–Trinajstić information content (AvgIpc) is 2.97. The van der Waals surface area contributed by atoms with Crippen LogP contribution in [0.5, 0.6) is 0 Å². The number of pyridine rings is 1. The maximum atomic E-state index is 11.9. The minimum absolute atomic E-state index is 0.137. The molecule has 0 saturated carbocycles. The van der Waals surface area contributed by atoms with Gasteiger partial charge in [0.1, 0.15) is 5.65 Å². The molecule has 1 aliphatic rings. The Kier molecular flexibility index (Phi) is 5.48. The van der Waals surface area contributed by atoms with Crippen LogP contribution >= 0.6 is 0 Å². The van der Waals surface area contributed by atoms with E-state index >= 15 is 0 Å². The van der Waals surface area contributed by atoms with E-state index in [0.717, 1.165) is 50.6 Å². The number of amides is 1. The molecule has 1 N–H and O–H groups in total. The number of hydrogen-bond donors (Lipinski definition) is 1. The van der Waals surface area contributed by atoms with Gasteiger partial charge in [0.15, 0.2) is 0 Å². The number of carbonyl (C=O) groups excluding carboxylic acids is 1. The molecule has 3 rings (SSSR count). The van der Waals surface area contributed by atoms with Gasteiger partial charge in [-0.15, -0.1) is 0 Å². The zero-order valence-electron chi connectivity index (χ0n) is 14.6. The highest BCUT2D eigenvalue weighted by Gasteiger charge is 2.19. The van der Waals surface area contributed by atoms with E-state index in [1.54, 1.807) is 0 Å². The van der Waals surface area contributed by atoms with Gasteiger partial charge in [-0.05, 0) is 18.1 Å². The van der Waals surface area contributed by atoms with Crippen molar-refractivity contribution in [3.8, 4) is 0 Å². The standard InChI is InChI=1S/C18H27N5O/c1-15(2)11-19-18(24)14-22-9-7-21(8-10-22)12-16-13-23-6-4-3-5-17(23)20-16/h3-6,13,15H,7-12,14H2,1-2H3,(H,19,24). The number of nitrogens with zero attached hydrogens (tertiary/aromatic N) is 4. The Bertz CT molecular complexity index is 640. The van der Waals surface area contributed by atoms with Crippen molar-refractivity contribution in [3.63, 3.8) is 0 Å². The van der Waals surface area contributed by atoms with Crippen LogP contribution in [-0.2, 0) is 11.3 Å². The molecule has 0 spiro atoms. The Hall–Kier alpha value is -1.92. The van der Waals surface area contributed by atoms with Crippen LogP contribution < -0.4 is 5.32 Å². The molecular formula is C18H27N5O. The highest BCUT2D eigenvalue weighted by atomic mass is 16.2. The molecule has 1 fully saturated rings. The van der Waals surface area contributed by atoms with Crippen molar-refractivity contribution < 1.29 is 4.79 Å². The number of imidazole rings is 1. The fraction of sp³-hybridized carbons (Fsp3) is 0.556. The largest absolute Gasteiger partial charge is 0.355 e. The monoisotopic (exact) mass is 329 g/mol. The first-order valence-corrected chi connectivity index (χ1v) is 8.74. The van der Waals surface area contributed by atoms with Crippen LogP contribution in [0.25, 0.3) is 5.65 Å². The molecule has 6 heteroatoms. The van der Waals surface area contributed by atoms with Crippen LogP contribution in [0.1, 0.15) is 19.5 Å². The summed E-state index contributed by atoms with van der Waals surface area (Å²) in [6, 6.07) is 6.05. The molecular weight excluding hydrogens is 302 g/mol. The number of fused-ring (bicyclic) bond motifs is 1. The van der Waals surface area contributed by atoms with Gasteiger partial charge in [0.25, 0.3) is 0 Å². The lowest BCUT2D eigenvalue weighted by Crippen LogP contribution is -2.49. The van der Waals surface area contributed by atoms with Gasteiger partial charge in [-0.2, -0.15) is 0 Å². The van der Waals surface area contributed by atoms with Gasteiger partial charge in [0, 0.05) is 51.7 Å². The summed E-state index contributed by atoms with van der Waals surface area (Å²) in [5.74, 6) is 0.633. The summed E-state index contributed by atoms with van der Waals surface area (Å²) in [6.07, 6.45) is 4.13. The lowest BCUT2D eigenvalue weighted by molar-refractivity contribution is -0.122. The molecule has 3 heterocycles. The van der Waals surface area contributed by atoms with E-state index < -0.39 is 0 Å². The van der Waals surface area contributed by atoms with E-state index in [1.807, 2.05) is 24.4 Å². The van der Waals surface area contributed by atoms with Crippen molar-refractivity contribution in [1.82, 2.24) is 24.5 Å². The lowest BCUT2D eigenvalue weighted by Gasteiger charge is -2.33. The molecule has 6 nitrogen and oxygen atoms in total. The molecule has 0 radical (unpaired) electrons. The Morgan fingerprint density at radius 3 is 2.67 bits per heavy atom. The molecule has 0 bridgehead atoms. The first-order valence-electron chi connectivity index (χ1n) is 8.74. The Morgan fingerprint density at radius 1 is 1.21 bits per heavy atom. The number of piperazine rings is 1. The first-order chi connectivity index (χ1) is 11.6. The summed E-state index contributed by atoms with van der Waals surface area (Å²) in [5, 5.41) is 2.99. The highest BCUT2D eigenvalue weighted by molar-refractivity contribution is 5.78. The molecule has 0 atom stereocenters. The van der Waals surface area contributed by atoms with Crippen molar-refractivity contribution in [2.24, 2.45) is 5.92 Å². The second kappa shape index (κ2) is 7.77. The zero-order chi connectivity index (χ0) is 16.9. The number of carbonyl (C=O) groups is 1. The van der Waals surface area contributed by atoms with Gasteiger partial charge in [-0.25, -0.2) is 4.98 Å². The second-order valence-corrected chi connectivity index (χ2v) is 6.95. The van der Waals surface area contributed by atoms with E-state index in [9.17, 15) is 4.79 Å². The van der Waals surface area contributed by atoms with Crippen molar-refractivity contribution >= 4 is 11.6 Å². The van der Waals surface area contributed by atoms with Gasteiger partial charge in [0.2, 0.25) is 5.91 Å². The molecule has 1 amide bonds. The zero-order valence-corrected chi connectivity index (χ0v) is 14.6. The van der Waals surface area contributed by atoms with E-state index in [-0.39, 0.29) is 5.91 Å². The summed E-state index contributed by atoms with van der Waals surface area (Å²) in [4.78, 5) is 21.2. The summed E-state index contributed by atoms with van der Waals surface area (Å²) in [6.45, 7) is 10.2. The SMILES string of the molecule is CC(C)CNC(=O)CN1CCN(Cc2cn3ccccc3n2)CC1. The topological polar surface area (TPSA) is 52.9 Å². The third-order valence-corrected chi connectivity index (χ3v) is 4.34. The van der Waals surface area contributed by atoms with E-state index in [4.69, 9.17) is 0 Å². The third kappa shape index (κ3) is 4.55. The number of rotatable bonds is 6. The first kappa shape index (κ1) is 16.9. The maximum Gasteiger partial charge on any atom is 0.234 e. The summed E-state index contributed by atoms with van der Waals surface area (Å²) < 4.78 is 2.06. The van der Waals surface area contributed by atoms with Crippen LogP contribution in [0, 0.1) is 5.92 Å². The number of nitrogens with one attached hydrogen (secondary N) is 1. The molecule has 130 valence electrons. The maximum absolute atomic E-state index is 11.9. The van der Waals surface area contributed by atoms with Gasteiger partial charge < -0.3 is 9.72 Å². The van der Waals surface area contributed by atoms with Gasteiger partial charge >= 0.3 is 0 Å². The average molecular weight is 329 g/mol. The minimum Gasteiger partial charge on any atom is -0.355 e. The predicted octanol–water partition coefficient (Wildman–Crippen LogP) is 1.22. The summed E-state index contributed by atoms with van der Waals surface area (Å²) >= 11 is 0. The summed E-state index contributed by atoms with van der Waals surface area (Å²) in [5.41, 5.74) is 2.09. The number of hydrogen-bond acceptors (Lipinski definition) is 4. The van der Waals surface area contributed by atoms with Crippen molar-refractivity contribution in [3.05, 3.63) is 36.3 Å². The minimum atomic E-state index is 0.137. The second-order valence-electron chi connectivity index (χ2n) is 6.95. The van der Waals surface area contributed by atoms with Crippen LogP contribution in [0.3, 0.4) is 0 Å². The molecule has 0 aromatic carbocycles. The normalized spacial score (nSPS) is 16.8. The van der Waals surface area contributed by atoms with Crippen LogP contribution in [0.15, 0.2) is 30.6 Å². The fourth-order valence-electron chi connectivity index (χ4n) is 2.97. The number of aromatic nitrogens is 2. The molecule has 24 heavy (non-hydrogen) atoms. The fourth-order valence-corrected chi connectivity index (χ4v) is 2.97. The quantitative estimate of drug-likeness (QED) is 0.866. The van der Waals surface area contributed by atoms with Crippen molar-refractivity contribution in [2.45, 2.75) is 20.4 Å².